The first-order valence-electron chi connectivity index (χ1n) is 7.43. The number of ether oxygens (including phenoxy) is 1. The number of nitrogens with zero attached hydrogens (tertiary/aromatic N) is 3. The molecule has 0 radical (unpaired) electrons. The maximum absolute atomic E-state index is 5.25. The first-order valence-corrected chi connectivity index (χ1v) is 8.25. The predicted octanol–water partition coefficient (Wildman–Crippen LogP) is 3.93. The van der Waals surface area contributed by atoms with E-state index in [0.717, 1.165) is 23.9 Å². The summed E-state index contributed by atoms with van der Waals surface area (Å²) >= 11 is 1.83. The normalized spacial score (nSPS) is 11.7. The van der Waals surface area contributed by atoms with Gasteiger partial charge < -0.3 is 9.64 Å². The lowest BCUT2D eigenvalue weighted by molar-refractivity contribution is 0.181. The number of aryl methyl sites for hydroxylation is 1. The minimum Gasteiger partial charge on any atom is -0.378 e. The van der Waals surface area contributed by atoms with E-state index in [0.29, 0.717) is 6.61 Å². The lowest BCUT2D eigenvalue weighted by atomic mass is 9.95. The summed E-state index contributed by atoms with van der Waals surface area (Å²) in [6, 6.07) is 6.35. The molecule has 0 saturated carbocycles. The van der Waals surface area contributed by atoms with Gasteiger partial charge in [0, 0.05) is 35.4 Å². The molecule has 0 atom stereocenters. The lowest BCUT2D eigenvalue weighted by Crippen LogP contribution is -2.23. The molecule has 2 heterocycles. The van der Waals surface area contributed by atoms with E-state index in [4.69, 9.17) is 9.72 Å². The Balaban J connectivity index is 2.29. The maximum Gasteiger partial charge on any atom is 0.136 e. The third-order valence-electron chi connectivity index (χ3n) is 3.31. The molecule has 0 N–H and O–H groups in total. The lowest BCUT2D eigenvalue weighted by Gasteiger charge is -2.23. The smallest absolute Gasteiger partial charge is 0.136 e. The second kappa shape index (κ2) is 6.75. The van der Waals surface area contributed by atoms with E-state index in [-0.39, 0.29) is 5.41 Å². The summed E-state index contributed by atoms with van der Waals surface area (Å²) in [7, 11) is 3.76. The van der Waals surface area contributed by atoms with Crippen molar-refractivity contribution >= 4 is 17.2 Å². The first-order chi connectivity index (χ1) is 10.3. The number of rotatable bonds is 5. The first kappa shape index (κ1) is 16.9. The fourth-order valence-electron chi connectivity index (χ4n) is 2.12. The van der Waals surface area contributed by atoms with Crippen LogP contribution in [0.25, 0.3) is 0 Å². The Morgan fingerprint density at radius 2 is 1.95 bits per heavy atom. The molecule has 22 heavy (non-hydrogen) atoms. The molecule has 0 amide bonds. The van der Waals surface area contributed by atoms with E-state index in [1.165, 1.54) is 9.75 Å². The minimum atomic E-state index is -0.0845. The second-order valence-corrected chi connectivity index (χ2v) is 7.96. The van der Waals surface area contributed by atoms with Crippen molar-refractivity contribution in [1.29, 1.82) is 0 Å². The number of hydrogen-bond acceptors (Lipinski definition) is 5. The molecule has 2 aromatic heterocycles. The Morgan fingerprint density at radius 1 is 1.23 bits per heavy atom. The van der Waals surface area contributed by atoms with Gasteiger partial charge in [0.05, 0.1) is 18.8 Å². The van der Waals surface area contributed by atoms with Gasteiger partial charge in [0.1, 0.15) is 11.6 Å². The zero-order valence-electron chi connectivity index (χ0n) is 14.3. The molecule has 0 unspecified atom stereocenters. The van der Waals surface area contributed by atoms with Crippen LogP contribution in [0.15, 0.2) is 18.2 Å². The summed E-state index contributed by atoms with van der Waals surface area (Å²) in [4.78, 5) is 14.2. The summed E-state index contributed by atoms with van der Waals surface area (Å²) < 4.78 is 5.25. The van der Waals surface area contributed by atoms with Gasteiger partial charge in [-0.25, -0.2) is 9.97 Å². The molecule has 5 heteroatoms. The monoisotopic (exact) mass is 319 g/mol. The SMILES string of the molecule is COCc1cc(N(C)Cc2ccc(C)s2)nc(C(C)(C)C)n1. The van der Waals surface area contributed by atoms with Crippen LogP contribution in [-0.4, -0.2) is 24.1 Å². The summed E-state index contributed by atoms with van der Waals surface area (Å²) in [6.45, 7) is 9.88. The van der Waals surface area contributed by atoms with Gasteiger partial charge >= 0.3 is 0 Å². The molecule has 0 spiro atoms. The molecule has 2 aromatic rings. The summed E-state index contributed by atoms with van der Waals surface area (Å²) in [5, 5.41) is 0. The molecule has 120 valence electrons. The van der Waals surface area contributed by atoms with Crippen molar-refractivity contribution in [3.8, 4) is 0 Å². The maximum atomic E-state index is 5.25. The molecule has 0 aliphatic carbocycles. The van der Waals surface area contributed by atoms with Gasteiger partial charge in [0.2, 0.25) is 0 Å². The van der Waals surface area contributed by atoms with E-state index in [2.05, 4.69) is 56.8 Å². The second-order valence-electron chi connectivity index (χ2n) is 6.59. The largest absolute Gasteiger partial charge is 0.378 e. The molecule has 0 aromatic carbocycles. The van der Waals surface area contributed by atoms with E-state index in [1.807, 2.05) is 17.4 Å². The van der Waals surface area contributed by atoms with Crippen LogP contribution in [0, 0.1) is 6.92 Å². The van der Waals surface area contributed by atoms with Crippen LogP contribution >= 0.6 is 11.3 Å². The number of methoxy groups -OCH3 is 1. The van der Waals surface area contributed by atoms with Crippen molar-refractivity contribution in [2.45, 2.75) is 46.3 Å². The van der Waals surface area contributed by atoms with Crippen LogP contribution in [-0.2, 0) is 23.3 Å². The number of anilines is 1. The van der Waals surface area contributed by atoms with Crippen LogP contribution in [0.5, 0.6) is 0 Å². The molecule has 0 bridgehead atoms. The predicted molar refractivity (Wildman–Crippen MR) is 92.6 cm³/mol. The average molecular weight is 319 g/mol. The van der Waals surface area contributed by atoms with Crippen molar-refractivity contribution in [3.05, 3.63) is 39.5 Å². The highest BCUT2D eigenvalue weighted by molar-refractivity contribution is 7.11. The van der Waals surface area contributed by atoms with E-state index < -0.39 is 0 Å². The Labute approximate surface area is 137 Å². The highest BCUT2D eigenvalue weighted by atomic mass is 32.1. The minimum absolute atomic E-state index is 0.0845. The average Bonchev–Trinajstić information content (AvgIpc) is 2.83. The molecule has 4 nitrogen and oxygen atoms in total. The number of hydrogen-bond donors (Lipinski definition) is 0. The van der Waals surface area contributed by atoms with Crippen molar-refractivity contribution in [2.24, 2.45) is 0 Å². The van der Waals surface area contributed by atoms with Gasteiger partial charge in [-0.2, -0.15) is 0 Å². The molecule has 0 aliphatic heterocycles. The quantitative estimate of drug-likeness (QED) is 0.837. The Bertz CT molecular complexity index is 631. The molecule has 0 aliphatic rings. The van der Waals surface area contributed by atoms with Crippen molar-refractivity contribution in [3.63, 3.8) is 0 Å². The third-order valence-corrected chi connectivity index (χ3v) is 4.29. The van der Waals surface area contributed by atoms with Gasteiger partial charge in [-0.3, -0.25) is 0 Å². The highest BCUT2D eigenvalue weighted by Gasteiger charge is 2.20. The van der Waals surface area contributed by atoms with Gasteiger partial charge in [-0.1, -0.05) is 20.8 Å². The molecule has 0 fully saturated rings. The van der Waals surface area contributed by atoms with Gasteiger partial charge in [0.25, 0.3) is 0 Å². The van der Waals surface area contributed by atoms with Crippen LogP contribution < -0.4 is 4.90 Å². The topological polar surface area (TPSA) is 38.2 Å². The molecular formula is C17H25N3OS. The molecule has 0 saturated heterocycles. The summed E-state index contributed by atoms with van der Waals surface area (Å²) in [5.41, 5.74) is 0.838. The summed E-state index contributed by atoms with van der Waals surface area (Å²) in [5.74, 6) is 1.80. The molecular weight excluding hydrogens is 294 g/mol. The molecule has 2 rings (SSSR count). The number of aromatic nitrogens is 2. The van der Waals surface area contributed by atoms with Gasteiger partial charge in [0.15, 0.2) is 0 Å². The Morgan fingerprint density at radius 3 is 2.50 bits per heavy atom. The number of thiophene rings is 1. The van der Waals surface area contributed by atoms with Crippen molar-refractivity contribution < 1.29 is 4.74 Å². The third kappa shape index (κ3) is 4.27. The van der Waals surface area contributed by atoms with E-state index in [1.54, 1.807) is 7.11 Å². The van der Waals surface area contributed by atoms with E-state index in [9.17, 15) is 0 Å². The van der Waals surface area contributed by atoms with Crippen LogP contribution in [0.1, 0.15) is 42.0 Å². The van der Waals surface area contributed by atoms with Crippen LogP contribution in [0.4, 0.5) is 5.82 Å². The zero-order chi connectivity index (χ0) is 16.3. The van der Waals surface area contributed by atoms with Gasteiger partial charge in [-0.05, 0) is 19.1 Å². The Hall–Kier alpha value is -1.46. The fourth-order valence-corrected chi connectivity index (χ4v) is 3.06. The zero-order valence-corrected chi connectivity index (χ0v) is 15.1. The standard InChI is InChI=1S/C17H25N3OS/c1-12-7-8-14(22-12)10-20(5)15-9-13(11-21-6)18-16(19-15)17(2,3)4/h7-9H,10-11H2,1-6H3. The Kier molecular flexibility index (Phi) is 5.19. The van der Waals surface area contributed by atoms with Crippen molar-refractivity contribution in [1.82, 2.24) is 9.97 Å². The summed E-state index contributed by atoms with van der Waals surface area (Å²) in [6.07, 6.45) is 0. The van der Waals surface area contributed by atoms with E-state index >= 15 is 0 Å². The van der Waals surface area contributed by atoms with Crippen molar-refractivity contribution in [2.75, 3.05) is 19.1 Å². The van der Waals surface area contributed by atoms with Gasteiger partial charge in [-0.15, -0.1) is 11.3 Å². The van der Waals surface area contributed by atoms with Crippen LogP contribution in [0.3, 0.4) is 0 Å². The van der Waals surface area contributed by atoms with Crippen LogP contribution in [0.2, 0.25) is 0 Å². The highest BCUT2D eigenvalue weighted by Crippen LogP contribution is 2.24. The fraction of sp³-hybridized carbons (Fsp3) is 0.529.